The number of piperazine rings is 1. The molecule has 0 amide bonds. The Labute approximate surface area is 168 Å². The van der Waals surface area contributed by atoms with Crippen LogP contribution < -0.4 is 4.90 Å². The number of carbonyl (C=O) groups is 1. The van der Waals surface area contributed by atoms with Gasteiger partial charge in [-0.15, -0.1) is 0 Å². The van der Waals surface area contributed by atoms with Crippen molar-refractivity contribution in [2.24, 2.45) is 0 Å². The molecule has 1 heterocycles. The van der Waals surface area contributed by atoms with Crippen LogP contribution in [0.25, 0.3) is 10.8 Å². The van der Waals surface area contributed by atoms with Gasteiger partial charge in [-0.2, -0.15) is 4.31 Å². The van der Waals surface area contributed by atoms with E-state index in [0.717, 1.165) is 11.8 Å². The van der Waals surface area contributed by atoms with Crippen LogP contribution in [0, 0.1) is 0 Å². The molecule has 1 aliphatic rings. The molecule has 0 bridgehead atoms. The van der Waals surface area contributed by atoms with Gasteiger partial charge in [0.1, 0.15) is 11.3 Å². The maximum Gasteiger partial charge on any atom is 0.339 e. The van der Waals surface area contributed by atoms with E-state index in [2.05, 4.69) is 4.90 Å². The number of hydrogen-bond acceptors (Lipinski definition) is 5. The molecule has 0 spiro atoms. The number of aromatic carboxylic acids is 1. The number of phenols is 1. The van der Waals surface area contributed by atoms with Crippen LogP contribution >= 0.6 is 0 Å². The van der Waals surface area contributed by atoms with Gasteiger partial charge in [-0.25, -0.2) is 13.2 Å². The zero-order valence-corrected chi connectivity index (χ0v) is 16.3. The fraction of sp³-hybridized carbons (Fsp3) is 0.190. The Hall–Kier alpha value is -3.10. The Morgan fingerprint density at radius 3 is 2.07 bits per heavy atom. The maximum atomic E-state index is 13.4. The van der Waals surface area contributed by atoms with Crippen molar-refractivity contribution in [3.05, 3.63) is 66.2 Å². The SMILES string of the molecule is O=C(O)c1cc(S(=O)(=O)N2CCN(c3ccccc3)CC2)c2ccccc2c1O. The number of para-hydroxylation sites is 1. The van der Waals surface area contributed by atoms with Gasteiger partial charge in [-0.1, -0.05) is 42.5 Å². The lowest BCUT2D eigenvalue weighted by Crippen LogP contribution is -2.48. The summed E-state index contributed by atoms with van der Waals surface area (Å²) in [6.07, 6.45) is 0. The van der Waals surface area contributed by atoms with E-state index in [1.165, 1.54) is 10.4 Å². The first-order valence-corrected chi connectivity index (χ1v) is 10.6. The van der Waals surface area contributed by atoms with Gasteiger partial charge >= 0.3 is 5.97 Å². The lowest BCUT2D eigenvalue weighted by molar-refractivity contribution is 0.0693. The Kier molecular flexibility index (Phi) is 4.89. The Balaban J connectivity index is 1.70. The molecule has 8 heteroatoms. The topological polar surface area (TPSA) is 98.1 Å². The van der Waals surface area contributed by atoms with Gasteiger partial charge in [0, 0.05) is 42.6 Å². The molecular weight excluding hydrogens is 392 g/mol. The zero-order valence-electron chi connectivity index (χ0n) is 15.5. The molecule has 1 aliphatic heterocycles. The molecule has 0 atom stereocenters. The number of carboxylic acids is 1. The van der Waals surface area contributed by atoms with Crippen molar-refractivity contribution in [1.29, 1.82) is 0 Å². The van der Waals surface area contributed by atoms with Gasteiger partial charge in [0.25, 0.3) is 0 Å². The summed E-state index contributed by atoms with van der Waals surface area (Å²) in [5.74, 6) is -1.81. The average Bonchev–Trinajstić information content (AvgIpc) is 2.74. The lowest BCUT2D eigenvalue weighted by atomic mass is 10.1. The minimum atomic E-state index is -3.93. The largest absolute Gasteiger partial charge is 0.506 e. The summed E-state index contributed by atoms with van der Waals surface area (Å²) in [6, 6.07) is 17.2. The second-order valence-corrected chi connectivity index (χ2v) is 8.75. The summed E-state index contributed by atoms with van der Waals surface area (Å²) in [5, 5.41) is 20.2. The van der Waals surface area contributed by atoms with Gasteiger partial charge in [0.05, 0.1) is 4.90 Å². The summed E-state index contributed by atoms with van der Waals surface area (Å²) >= 11 is 0. The number of rotatable bonds is 4. The summed E-state index contributed by atoms with van der Waals surface area (Å²) in [6.45, 7) is 1.64. The van der Waals surface area contributed by atoms with Gasteiger partial charge < -0.3 is 15.1 Å². The summed E-state index contributed by atoms with van der Waals surface area (Å²) in [5.41, 5.74) is 0.609. The van der Waals surface area contributed by atoms with Crippen LogP contribution in [-0.2, 0) is 10.0 Å². The number of sulfonamides is 1. The monoisotopic (exact) mass is 412 g/mol. The van der Waals surface area contributed by atoms with E-state index >= 15 is 0 Å². The molecule has 150 valence electrons. The van der Waals surface area contributed by atoms with Crippen LogP contribution in [0.1, 0.15) is 10.4 Å². The maximum absolute atomic E-state index is 13.4. The van der Waals surface area contributed by atoms with E-state index in [0.29, 0.717) is 18.5 Å². The molecule has 4 rings (SSSR count). The van der Waals surface area contributed by atoms with Crippen LogP contribution in [0.2, 0.25) is 0 Å². The number of nitrogens with zero attached hydrogens (tertiary/aromatic N) is 2. The van der Waals surface area contributed by atoms with E-state index in [1.807, 2.05) is 30.3 Å². The first-order valence-electron chi connectivity index (χ1n) is 9.18. The summed E-state index contributed by atoms with van der Waals surface area (Å²) in [4.78, 5) is 13.6. The third-order valence-electron chi connectivity index (χ3n) is 5.19. The Morgan fingerprint density at radius 2 is 1.45 bits per heavy atom. The van der Waals surface area contributed by atoms with Gasteiger partial charge in [-0.3, -0.25) is 0 Å². The molecule has 0 radical (unpaired) electrons. The number of aromatic hydroxyl groups is 1. The fourth-order valence-electron chi connectivity index (χ4n) is 3.67. The first kappa shape index (κ1) is 19.2. The predicted octanol–water partition coefficient (Wildman–Crippen LogP) is 2.75. The highest BCUT2D eigenvalue weighted by Gasteiger charge is 2.31. The lowest BCUT2D eigenvalue weighted by Gasteiger charge is -2.35. The van der Waals surface area contributed by atoms with Crippen molar-refractivity contribution < 1.29 is 23.4 Å². The van der Waals surface area contributed by atoms with Gasteiger partial charge in [-0.05, 0) is 18.2 Å². The van der Waals surface area contributed by atoms with Crippen LogP contribution in [0.3, 0.4) is 0 Å². The first-order chi connectivity index (χ1) is 13.9. The second-order valence-electron chi connectivity index (χ2n) is 6.85. The van der Waals surface area contributed by atoms with E-state index in [1.54, 1.807) is 18.2 Å². The predicted molar refractivity (Wildman–Crippen MR) is 110 cm³/mol. The van der Waals surface area contributed by atoms with Crippen molar-refractivity contribution in [3.8, 4) is 5.75 Å². The van der Waals surface area contributed by atoms with E-state index in [-0.39, 0.29) is 23.4 Å². The zero-order chi connectivity index (χ0) is 20.6. The smallest absolute Gasteiger partial charge is 0.339 e. The molecule has 3 aromatic rings. The molecule has 0 saturated carbocycles. The third-order valence-corrected chi connectivity index (χ3v) is 7.12. The molecular formula is C21H20N2O5S. The van der Waals surface area contributed by atoms with Crippen LogP contribution in [0.5, 0.6) is 5.75 Å². The molecule has 3 aromatic carbocycles. The van der Waals surface area contributed by atoms with E-state index < -0.39 is 27.3 Å². The molecule has 7 nitrogen and oxygen atoms in total. The minimum absolute atomic E-state index is 0.100. The summed E-state index contributed by atoms with van der Waals surface area (Å²) < 4.78 is 28.1. The molecule has 29 heavy (non-hydrogen) atoms. The molecule has 0 unspecified atom stereocenters. The highest BCUT2D eigenvalue weighted by Crippen LogP contribution is 2.35. The Bertz CT molecular complexity index is 1170. The normalized spacial score (nSPS) is 15.5. The average molecular weight is 412 g/mol. The standard InChI is InChI=1S/C21H20N2O5S/c24-20-17-9-5-4-8-16(17)19(14-18(20)21(25)26)29(27,28)23-12-10-22(11-13-23)15-6-2-1-3-7-15/h1-9,14,24H,10-13H2,(H,25,26). The van der Waals surface area contributed by atoms with Gasteiger partial charge in [0.2, 0.25) is 10.0 Å². The van der Waals surface area contributed by atoms with E-state index in [9.17, 15) is 23.4 Å². The van der Waals surface area contributed by atoms with Crippen LogP contribution in [0.15, 0.2) is 65.6 Å². The highest BCUT2D eigenvalue weighted by molar-refractivity contribution is 7.89. The number of carboxylic acid groups (broad SMARTS) is 1. The minimum Gasteiger partial charge on any atom is -0.506 e. The van der Waals surface area contributed by atoms with Crippen molar-refractivity contribution in [2.45, 2.75) is 4.90 Å². The molecule has 0 aromatic heterocycles. The third kappa shape index (κ3) is 3.41. The number of hydrogen-bond donors (Lipinski definition) is 2. The highest BCUT2D eigenvalue weighted by atomic mass is 32.2. The molecule has 1 saturated heterocycles. The summed E-state index contributed by atoms with van der Waals surface area (Å²) in [7, 11) is -3.93. The fourth-order valence-corrected chi connectivity index (χ4v) is 5.31. The van der Waals surface area contributed by atoms with Crippen LogP contribution in [-0.4, -0.2) is 55.1 Å². The van der Waals surface area contributed by atoms with Crippen molar-refractivity contribution in [1.82, 2.24) is 4.31 Å². The van der Waals surface area contributed by atoms with Crippen molar-refractivity contribution in [3.63, 3.8) is 0 Å². The quantitative estimate of drug-likeness (QED) is 0.684. The molecule has 1 fully saturated rings. The second kappa shape index (κ2) is 7.38. The van der Waals surface area contributed by atoms with Gasteiger partial charge in [0.15, 0.2) is 0 Å². The Morgan fingerprint density at radius 1 is 0.862 bits per heavy atom. The molecule has 0 aliphatic carbocycles. The van der Waals surface area contributed by atoms with Crippen molar-refractivity contribution in [2.75, 3.05) is 31.1 Å². The molecule has 2 N–H and O–H groups in total. The number of fused-ring (bicyclic) bond motifs is 1. The van der Waals surface area contributed by atoms with E-state index in [4.69, 9.17) is 0 Å². The number of anilines is 1. The van der Waals surface area contributed by atoms with Crippen LogP contribution in [0.4, 0.5) is 5.69 Å². The van der Waals surface area contributed by atoms with Crippen molar-refractivity contribution >= 4 is 32.5 Å². The number of benzene rings is 3.